The van der Waals surface area contributed by atoms with E-state index in [-0.39, 0.29) is 0 Å². The van der Waals surface area contributed by atoms with Crippen LogP contribution in [0.1, 0.15) is 80.1 Å². The number of nitrogens with zero attached hydrogens (tertiary/aromatic N) is 1. The maximum Gasteiger partial charge on any atom is 0.00649 e. The first-order valence-corrected chi connectivity index (χ1v) is 9.45. The normalized spacial score (nSPS) is 13.6. The number of hydrogen-bond donors (Lipinski definition) is 1. The van der Waals surface area contributed by atoms with Gasteiger partial charge in [0, 0.05) is 6.04 Å². The van der Waals surface area contributed by atoms with Crippen molar-refractivity contribution >= 4 is 0 Å². The third-order valence-electron chi connectivity index (χ3n) is 4.25. The molecular formula is C19H42N2. The first kappa shape index (κ1) is 20.9. The lowest BCUT2D eigenvalue weighted by Gasteiger charge is -2.25. The van der Waals surface area contributed by atoms with Gasteiger partial charge >= 0.3 is 0 Å². The molecule has 0 bridgehead atoms. The third-order valence-corrected chi connectivity index (χ3v) is 4.25. The number of hydrogen-bond acceptors (Lipinski definition) is 2. The molecule has 0 aromatic carbocycles. The van der Waals surface area contributed by atoms with Crippen LogP contribution in [0.5, 0.6) is 0 Å². The van der Waals surface area contributed by atoms with Gasteiger partial charge in [-0.05, 0) is 76.5 Å². The molecule has 0 aliphatic rings. The summed E-state index contributed by atoms with van der Waals surface area (Å²) in [5.74, 6) is 1.64. The second kappa shape index (κ2) is 13.6. The lowest BCUT2D eigenvalue weighted by Crippen LogP contribution is -2.32. The van der Waals surface area contributed by atoms with Crippen LogP contribution in [0, 0.1) is 11.8 Å². The zero-order valence-electron chi connectivity index (χ0n) is 15.8. The van der Waals surface area contributed by atoms with E-state index in [9.17, 15) is 0 Å². The van der Waals surface area contributed by atoms with E-state index in [1.165, 1.54) is 64.7 Å². The van der Waals surface area contributed by atoms with Gasteiger partial charge in [-0.2, -0.15) is 0 Å². The maximum absolute atomic E-state index is 3.67. The Hall–Kier alpha value is -0.0800. The minimum absolute atomic E-state index is 0.724. The molecule has 0 aromatic heterocycles. The predicted molar refractivity (Wildman–Crippen MR) is 97.0 cm³/mol. The van der Waals surface area contributed by atoms with Gasteiger partial charge in [-0.15, -0.1) is 0 Å². The summed E-state index contributed by atoms with van der Waals surface area (Å²) >= 11 is 0. The fraction of sp³-hybridized carbons (Fsp3) is 1.00. The Balaban J connectivity index is 4.01. The van der Waals surface area contributed by atoms with Gasteiger partial charge in [0.2, 0.25) is 0 Å². The Morgan fingerprint density at radius 2 is 1.38 bits per heavy atom. The fourth-order valence-electron chi connectivity index (χ4n) is 2.58. The molecule has 1 N–H and O–H groups in total. The molecule has 1 unspecified atom stereocenters. The van der Waals surface area contributed by atoms with E-state index in [4.69, 9.17) is 0 Å². The average molecular weight is 299 g/mol. The van der Waals surface area contributed by atoms with Crippen molar-refractivity contribution in [3.63, 3.8) is 0 Å². The van der Waals surface area contributed by atoms with Crippen molar-refractivity contribution in [3.8, 4) is 0 Å². The number of rotatable bonds is 14. The molecule has 2 nitrogen and oxygen atoms in total. The minimum Gasteiger partial charge on any atom is -0.314 e. The zero-order valence-corrected chi connectivity index (χ0v) is 15.8. The van der Waals surface area contributed by atoms with Crippen molar-refractivity contribution in [1.82, 2.24) is 10.2 Å². The summed E-state index contributed by atoms with van der Waals surface area (Å²) in [6.07, 6.45) is 7.85. The largest absolute Gasteiger partial charge is 0.314 e. The van der Waals surface area contributed by atoms with E-state index in [0.29, 0.717) is 0 Å². The summed E-state index contributed by atoms with van der Waals surface area (Å²) in [4.78, 5) is 2.70. The van der Waals surface area contributed by atoms with Gasteiger partial charge in [0.25, 0.3) is 0 Å². The van der Waals surface area contributed by atoms with Crippen LogP contribution in [0.4, 0.5) is 0 Å². The molecule has 0 fully saturated rings. The molecule has 1 atom stereocenters. The molecule has 0 saturated heterocycles. The lowest BCUT2D eigenvalue weighted by molar-refractivity contribution is 0.235. The minimum atomic E-state index is 0.724. The second-order valence-corrected chi connectivity index (χ2v) is 7.41. The summed E-state index contributed by atoms with van der Waals surface area (Å²) in [6.45, 7) is 18.9. The van der Waals surface area contributed by atoms with Crippen LogP contribution in [0.3, 0.4) is 0 Å². The highest BCUT2D eigenvalue weighted by molar-refractivity contribution is 4.67. The first-order valence-electron chi connectivity index (χ1n) is 9.45. The van der Waals surface area contributed by atoms with Crippen molar-refractivity contribution < 1.29 is 0 Å². The molecule has 0 aliphatic heterocycles. The van der Waals surface area contributed by atoms with Crippen LogP contribution in [-0.4, -0.2) is 37.1 Å². The molecular weight excluding hydrogens is 256 g/mol. The zero-order chi connectivity index (χ0) is 16.1. The van der Waals surface area contributed by atoms with Crippen LogP contribution in [0.25, 0.3) is 0 Å². The average Bonchev–Trinajstić information content (AvgIpc) is 2.44. The Labute approximate surface area is 135 Å². The highest BCUT2D eigenvalue weighted by Gasteiger charge is 2.09. The van der Waals surface area contributed by atoms with Crippen LogP contribution in [0.15, 0.2) is 0 Å². The second-order valence-electron chi connectivity index (χ2n) is 7.41. The predicted octanol–water partition coefficient (Wildman–Crippen LogP) is 4.94. The molecule has 0 heterocycles. The van der Waals surface area contributed by atoms with Gasteiger partial charge in [0.15, 0.2) is 0 Å². The van der Waals surface area contributed by atoms with Gasteiger partial charge in [0.1, 0.15) is 0 Å². The standard InChI is InChI=1S/C19H42N2/c1-7-13-20-19(8-2)10-9-14-21(15-11-17(3)4)16-12-18(5)6/h17-20H,7-16H2,1-6H3. The Bertz CT molecular complexity index is 202. The lowest BCUT2D eigenvalue weighted by atomic mass is 10.1. The Morgan fingerprint density at radius 1 is 0.810 bits per heavy atom. The van der Waals surface area contributed by atoms with Crippen molar-refractivity contribution in [2.24, 2.45) is 11.8 Å². The van der Waals surface area contributed by atoms with Crippen LogP contribution in [-0.2, 0) is 0 Å². The Kier molecular flexibility index (Phi) is 13.5. The van der Waals surface area contributed by atoms with E-state index >= 15 is 0 Å². The van der Waals surface area contributed by atoms with Gasteiger partial charge < -0.3 is 10.2 Å². The summed E-state index contributed by atoms with van der Waals surface area (Å²) in [5, 5.41) is 3.67. The summed E-state index contributed by atoms with van der Waals surface area (Å²) in [6, 6.07) is 0.724. The molecule has 21 heavy (non-hydrogen) atoms. The van der Waals surface area contributed by atoms with Gasteiger partial charge in [-0.1, -0.05) is 41.5 Å². The van der Waals surface area contributed by atoms with E-state index < -0.39 is 0 Å². The molecule has 0 aromatic rings. The van der Waals surface area contributed by atoms with E-state index in [0.717, 1.165) is 17.9 Å². The molecule has 0 rings (SSSR count). The molecule has 0 saturated carbocycles. The van der Waals surface area contributed by atoms with E-state index in [1.54, 1.807) is 0 Å². The number of nitrogens with one attached hydrogen (secondary N) is 1. The summed E-state index contributed by atoms with van der Waals surface area (Å²) in [7, 11) is 0. The molecule has 2 heteroatoms. The summed E-state index contributed by atoms with van der Waals surface area (Å²) < 4.78 is 0. The smallest absolute Gasteiger partial charge is 0.00649 e. The monoisotopic (exact) mass is 298 g/mol. The highest BCUT2D eigenvalue weighted by Crippen LogP contribution is 2.09. The van der Waals surface area contributed by atoms with Gasteiger partial charge in [0.05, 0.1) is 0 Å². The topological polar surface area (TPSA) is 15.3 Å². The summed E-state index contributed by atoms with van der Waals surface area (Å²) in [5.41, 5.74) is 0. The first-order chi connectivity index (χ1) is 9.99. The van der Waals surface area contributed by atoms with Gasteiger partial charge in [-0.25, -0.2) is 0 Å². The van der Waals surface area contributed by atoms with Crippen LogP contribution >= 0.6 is 0 Å². The van der Waals surface area contributed by atoms with Crippen molar-refractivity contribution in [1.29, 1.82) is 0 Å². The van der Waals surface area contributed by atoms with Crippen LogP contribution < -0.4 is 5.32 Å². The van der Waals surface area contributed by atoms with Gasteiger partial charge in [-0.3, -0.25) is 0 Å². The highest BCUT2D eigenvalue weighted by atomic mass is 15.1. The molecule has 0 amide bonds. The van der Waals surface area contributed by atoms with Crippen molar-refractivity contribution in [2.45, 2.75) is 86.1 Å². The third kappa shape index (κ3) is 13.3. The molecule has 0 spiro atoms. The van der Waals surface area contributed by atoms with Crippen LogP contribution in [0.2, 0.25) is 0 Å². The van der Waals surface area contributed by atoms with E-state index in [2.05, 4.69) is 51.8 Å². The molecule has 0 aliphatic carbocycles. The van der Waals surface area contributed by atoms with E-state index in [1.807, 2.05) is 0 Å². The maximum atomic E-state index is 3.67. The molecule has 0 radical (unpaired) electrons. The Morgan fingerprint density at radius 3 is 1.81 bits per heavy atom. The quantitative estimate of drug-likeness (QED) is 0.489. The van der Waals surface area contributed by atoms with Crippen molar-refractivity contribution in [3.05, 3.63) is 0 Å². The SMILES string of the molecule is CCCNC(CC)CCCN(CCC(C)C)CCC(C)C. The fourth-order valence-corrected chi connectivity index (χ4v) is 2.58. The molecule has 128 valence electrons. The van der Waals surface area contributed by atoms with Crippen molar-refractivity contribution in [2.75, 3.05) is 26.2 Å².